The van der Waals surface area contributed by atoms with Crippen LogP contribution >= 0.6 is 0 Å². The smallest absolute Gasteiger partial charge is 0.252 e. The Balaban J connectivity index is 1.47. The molecule has 2 aliphatic rings. The van der Waals surface area contributed by atoms with Gasteiger partial charge in [0.1, 0.15) is 5.41 Å². The van der Waals surface area contributed by atoms with Crippen molar-refractivity contribution in [2.24, 2.45) is 17.1 Å². The van der Waals surface area contributed by atoms with Gasteiger partial charge in [-0.1, -0.05) is 6.92 Å². The van der Waals surface area contributed by atoms with E-state index in [1.165, 1.54) is 6.20 Å². The van der Waals surface area contributed by atoms with Crippen molar-refractivity contribution in [3.63, 3.8) is 0 Å². The second kappa shape index (κ2) is 8.91. The predicted octanol–water partition coefficient (Wildman–Crippen LogP) is 1.03. The summed E-state index contributed by atoms with van der Waals surface area (Å²) >= 11 is 0. The fourth-order valence-corrected chi connectivity index (χ4v) is 4.87. The molecule has 4 heterocycles. The lowest BCUT2D eigenvalue weighted by Crippen LogP contribution is -2.36. The summed E-state index contributed by atoms with van der Waals surface area (Å²) < 4.78 is 3.21. The number of amides is 2. The highest BCUT2D eigenvalue weighted by Gasteiger charge is 2.54. The minimum atomic E-state index is -0.869. The summed E-state index contributed by atoms with van der Waals surface area (Å²) in [6, 6.07) is 2.04. The van der Waals surface area contributed by atoms with Crippen LogP contribution < -0.4 is 11.1 Å². The second-order valence-electron chi connectivity index (χ2n) is 9.82. The van der Waals surface area contributed by atoms with Crippen molar-refractivity contribution in [3.05, 3.63) is 30.4 Å². The number of carbonyl (C=O) groups is 2. The predicted molar refractivity (Wildman–Crippen MR) is 129 cm³/mol. The normalized spacial score (nSPS) is 21.3. The molecule has 1 saturated heterocycles. The van der Waals surface area contributed by atoms with Gasteiger partial charge >= 0.3 is 0 Å². The topological polar surface area (TPSA) is 167 Å². The molecule has 0 unspecified atom stereocenters. The highest BCUT2D eigenvalue weighted by Crippen LogP contribution is 2.47. The molecule has 1 saturated carbocycles. The first-order chi connectivity index (χ1) is 17.2. The number of aliphatic hydroxyl groups excluding tert-OH is 1. The first kappa shape index (κ1) is 23.7. The summed E-state index contributed by atoms with van der Waals surface area (Å²) in [7, 11) is 0. The van der Waals surface area contributed by atoms with Crippen LogP contribution in [0.3, 0.4) is 0 Å². The number of imidazole rings is 1. The molecule has 188 valence electrons. The zero-order valence-corrected chi connectivity index (χ0v) is 20.3. The van der Waals surface area contributed by atoms with Gasteiger partial charge < -0.3 is 21.1 Å². The van der Waals surface area contributed by atoms with Crippen LogP contribution in [0.2, 0.25) is 0 Å². The third-order valence-corrected chi connectivity index (χ3v) is 7.09. The molecule has 0 aromatic carbocycles. The Hall–Kier alpha value is -3.98. The number of likely N-dealkylation sites (tertiary alicyclic amines) is 1. The number of nitrogens with one attached hydrogen (secondary N) is 1. The van der Waals surface area contributed by atoms with E-state index in [4.69, 9.17) is 10.7 Å². The van der Waals surface area contributed by atoms with Crippen LogP contribution in [0.4, 0.5) is 5.69 Å². The molecule has 36 heavy (non-hydrogen) atoms. The number of hydrogen-bond acceptors (Lipinski definition) is 8. The molecule has 1 aliphatic carbocycles. The molecule has 5 rings (SSSR count). The third-order valence-electron chi connectivity index (χ3n) is 7.09. The van der Waals surface area contributed by atoms with Crippen LogP contribution in [0.25, 0.3) is 16.9 Å². The van der Waals surface area contributed by atoms with Crippen LogP contribution in [-0.2, 0) is 11.3 Å². The summed E-state index contributed by atoms with van der Waals surface area (Å²) in [5.41, 5.74) is 7.25. The van der Waals surface area contributed by atoms with Gasteiger partial charge in [0.05, 0.1) is 54.3 Å². The van der Waals surface area contributed by atoms with Crippen molar-refractivity contribution in [2.75, 3.05) is 18.4 Å². The zero-order chi connectivity index (χ0) is 25.6. The Morgan fingerprint density at radius 3 is 2.72 bits per heavy atom. The molecule has 12 nitrogen and oxygen atoms in total. The average Bonchev–Trinajstić information content (AvgIpc) is 3.15. The van der Waals surface area contributed by atoms with E-state index >= 15 is 0 Å². The lowest BCUT2D eigenvalue weighted by atomic mass is 10.0. The van der Waals surface area contributed by atoms with Crippen molar-refractivity contribution >= 4 is 23.1 Å². The monoisotopic (exact) mass is 491 g/mol. The molecule has 12 heteroatoms. The maximum absolute atomic E-state index is 13.0. The molecular formula is C24H29N9O3. The van der Waals surface area contributed by atoms with Crippen molar-refractivity contribution < 1.29 is 14.7 Å². The molecule has 2 amide bonds. The highest BCUT2D eigenvalue weighted by atomic mass is 16.3. The number of primary amides is 1. The number of nitriles is 1. The van der Waals surface area contributed by atoms with Crippen molar-refractivity contribution in [1.29, 1.82) is 5.26 Å². The first-order valence-corrected chi connectivity index (χ1v) is 12.1. The second-order valence-corrected chi connectivity index (χ2v) is 9.82. The summed E-state index contributed by atoms with van der Waals surface area (Å²) in [6.45, 7) is 5.07. The fourth-order valence-electron chi connectivity index (χ4n) is 4.87. The van der Waals surface area contributed by atoms with Crippen LogP contribution in [0.5, 0.6) is 0 Å². The lowest BCUT2D eigenvalue weighted by molar-refractivity contribution is -0.134. The van der Waals surface area contributed by atoms with E-state index in [1.54, 1.807) is 39.6 Å². The van der Waals surface area contributed by atoms with Gasteiger partial charge in [0.2, 0.25) is 5.91 Å². The third kappa shape index (κ3) is 4.15. The van der Waals surface area contributed by atoms with E-state index in [-0.39, 0.29) is 23.4 Å². The van der Waals surface area contributed by atoms with Gasteiger partial charge in [0.25, 0.3) is 5.91 Å². The molecule has 3 aromatic rings. The number of aromatic nitrogens is 5. The van der Waals surface area contributed by atoms with Crippen LogP contribution in [0, 0.1) is 22.7 Å². The maximum atomic E-state index is 13.0. The number of rotatable bonds is 8. The quantitative estimate of drug-likeness (QED) is 0.420. The van der Waals surface area contributed by atoms with Gasteiger partial charge in [0.15, 0.2) is 5.65 Å². The summed E-state index contributed by atoms with van der Waals surface area (Å²) in [5.74, 6) is -0.618. The number of nitrogens with zero attached hydrogens (tertiary/aromatic N) is 7. The zero-order valence-electron chi connectivity index (χ0n) is 20.3. The Labute approximate surface area is 207 Å². The molecule has 2 fully saturated rings. The van der Waals surface area contributed by atoms with Gasteiger partial charge in [-0.15, -0.1) is 0 Å². The summed E-state index contributed by atoms with van der Waals surface area (Å²) in [6.07, 6.45) is 8.08. The minimum Gasteiger partial charge on any atom is -0.391 e. The largest absolute Gasteiger partial charge is 0.391 e. The van der Waals surface area contributed by atoms with Crippen molar-refractivity contribution in [2.45, 2.75) is 51.8 Å². The molecule has 3 aromatic heterocycles. The molecule has 0 radical (unpaired) electrons. The Kier molecular flexibility index (Phi) is 5.88. The Morgan fingerprint density at radius 2 is 2.08 bits per heavy atom. The van der Waals surface area contributed by atoms with E-state index in [9.17, 15) is 20.0 Å². The van der Waals surface area contributed by atoms with Crippen LogP contribution in [0.1, 0.15) is 43.5 Å². The number of fused-ring (bicyclic) bond motifs is 1. The minimum absolute atomic E-state index is 0.111. The Morgan fingerprint density at radius 1 is 1.31 bits per heavy atom. The molecule has 1 aliphatic heterocycles. The molecule has 3 atom stereocenters. The molecule has 4 N–H and O–H groups in total. The van der Waals surface area contributed by atoms with Crippen LogP contribution in [0.15, 0.2) is 24.8 Å². The number of aliphatic hydroxyl groups is 1. The van der Waals surface area contributed by atoms with Crippen molar-refractivity contribution in [1.82, 2.24) is 29.3 Å². The van der Waals surface area contributed by atoms with Gasteiger partial charge in [0, 0.05) is 30.9 Å². The number of anilines is 1. The fraction of sp³-hybridized carbons (Fsp3) is 0.500. The van der Waals surface area contributed by atoms with Gasteiger partial charge in [-0.3, -0.25) is 14.3 Å². The SMILES string of the molecule is CC[C@H]1CN(C(=O)C2(C#N)CC2)C[C@H]1Nc1c(C(N)=O)cnn2cc(-c3cnn(C[C@@H](C)O)c3)nc12. The number of nitrogens with two attached hydrogens (primary N) is 1. The van der Waals surface area contributed by atoms with E-state index in [1.807, 2.05) is 0 Å². The lowest BCUT2D eigenvalue weighted by Gasteiger charge is -2.21. The van der Waals surface area contributed by atoms with Gasteiger partial charge in [-0.25, -0.2) is 9.50 Å². The van der Waals surface area contributed by atoms with E-state index < -0.39 is 17.4 Å². The van der Waals surface area contributed by atoms with Crippen molar-refractivity contribution in [3.8, 4) is 17.3 Å². The standard InChI is InChI=1S/C24H29N9O3/c1-3-15-9-31(23(36)24(13-25)4-5-24)11-18(15)29-20-17(21(26)35)7-28-33-12-19(30-22(20)33)16-6-27-32(10-16)8-14(2)34/h6-7,10,12,14-15,18,29,34H,3-5,8-9,11H2,1-2H3,(H2,26,35)/t14-,15+,18-/m1/s1. The first-order valence-electron chi connectivity index (χ1n) is 12.1. The summed E-state index contributed by atoms with van der Waals surface area (Å²) in [5, 5.41) is 31.1. The van der Waals surface area contributed by atoms with Gasteiger partial charge in [-0.2, -0.15) is 15.5 Å². The van der Waals surface area contributed by atoms with Crippen LogP contribution in [-0.4, -0.2) is 71.4 Å². The molecular weight excluding hydrogens is 462 g/mol. The van der Waals surface area contributed by atoms with E-state index in [0.29, 0.717) is 49.5 Å². The Bertz CT molecular complexity index is 1360. The number of carbonyl (C=O) groups excluding carboxylic acids is 2. The molecule has 0 bridgehead atoms. The van der Waals surface area contributed by atoms with E-state index in [2.05, 4.69) is 28.5 Å². The maximum Gasteiger partial charge on any atom is 0.252 e. The average molecular weight is 492 g/mol. The summed E-state index contributed by atoms with van der Waals surface area (Å²) in [4.78, 5) is 31.8. The number of hydrogen-bond donors (Lipinski definition) is 3. The molecule has 0 spiro atoms. The van der Waals surface area contributed by atoms with E-state index in [0.717, 1.165) is 12.0 Å². The highest BCUT2D eigenvalue weighted by molar-refractivity contribution is 6.01. The van der Waals surface area contributed by atoms with Gasteiger partial charge in [-0.05, 0) is 32.1 Å².